The molecule has 168 valence electrons. The van der Waals surface area contributed by atoms with Gasteiger partial charge in [0.1, 0.15) is 11.6 Å². The summed E-state index contributed by atoms with van der Waals surface area (Å²) >= 11 is 7.35. The minimum Gasteiger partial charge on any atom is -0.494 e. The van der Waals surface area contributed by atoms with Crippen molar-refractivity contribution in [1.29, 1.82) is 0 Å². The molecular formula is C22H24ClN5O3S. The summed E-state index contributed by atoms with van der Waals surface area (Å²) in [5.41, 5.74) is 1.23. The fraction of sp³-hybridized carbons (Fsp3) is 0.273. The van der Waals surface area contributed by atoms with Gasteiger partial charge in [-0.2, -0.15) is 0 Å². The van der Waals surface area contributed by atoms with Crippen LogP contribution in [0.15, 0.2) is 53.7 Å². The van der Waals surface area contributed by atoms with Crippen molar-refractivity contribution in [2.24, 2.45) is 0 Å². The Hall–Kier alpha value is -3.04. The fourth-order valence-electron chi connectivity index (χ4n) is 2.90. The molecule has 1 heterocycles. The van der Waals surface area contributed by atoms with E-state index in [1.54, 1.807) is 48.5 Å². The first-order valence-corrected chi connectivity index (χ1v) is 11.5. The molecule has 3 rings (SSSR count). The number of benzene rings is 2. The highest BCUT2D eigenvalue weighted by molar-refractivity contribution is 7.99. The van der Waals surface area contributed by atoms with Gasteiger partial charge in [0.05, 0.1) is 29.5 Å². The highest BCUT2D eigenvalue weighted by Crippen LogP contribution is 2.22. The quantitative estimate of drug-likeness (QED) is 0.427. The van der Waals surface area contributed by atoms with Crippen molar-refractivity contribution >= 4 is 46.6 Å². The third-order valence-corrected chi connectivity index (χ3v) is 5.65. The molecule has 8 nitrogen and oxygen atoms in total. The largest absolute Gasteiger partial charge is 0.494 e. The minimum absolute atomic E-state index is 0.0466. The Bertz CT molecular complexity index is 1070. The molecule has 2 amide bonds. The van der Waals surface area contributed by atoms with Gasteiger partial charge in [-0.15, -0.1) is 10.2 Å². The summed E-state index contributed by atoms with van der Waals surface area (Å²) in [6.07, 6.45) is 0.0466. The summed E-state index contributed by atoms with van der Waals surface area (Å²) in [5, 5.41) is 14.9. The average Bonchev–Trinajstić information content (AvgIpc) is 3.16. The number of carbonyl (C=O) groups is 2. The summed E-state index contributed by atoms with van der Waals surface area (Å²) in [5.74, 6) is 1.03. The maximum atomic E-state index is 12.4. The van der Waals surface area contributed by atoms with Crippen LogP contribution < -0.4 is 15.4 Å². The van der Waals surface area contributed by atoms with Crippen molar-refractivity contribution in [2.75, 3.05) is 23.0 Å². The Morgan fingerprint density at radius 3 is 2.47 bits per heavy atom. The van der Waals surface area contributed by atoms with Crippen LogP contribution in [-0.4, -0.2) is 38.9 Å². The van der Waals surface area contributed by atoms with E-state index in [-0.39, 0.29) is 24.0 Å². The monoisotopic (exact) mass is 473 g/mol. The Labute approximate surface area is 195 Å². The molecule has 32 heavy (non-hydrogen) atoms. The second-order valence-electron chi connectivity index (χ2n) is 6.64. The fourth-order valence-corrected chi connectivity index (χ4v) is 3.91. The zero-order valence-corrected chi connectivity index (χ0v) is 19.4. The van der Waals surface area contributed by atoms with Crippen LogP contribution in [0.5, 0.6) is 5.75 Å². The number of thioether (sulfide) groups is 1. The Morgan fingerprint density at radius 2 is 1.78 bits per heavy atom. The molecule has 0 atom stereocenters. The summed E-state index contributed by atoms with van der Waals surface area (Å²) in [7, 11) is 0. The number of anilines is 2. The summed E-state index contributed by atoms with van der Waals surface area (Å²) in [6.45, 7) is 5.01. The van der Waals surface area contributed by atoms with E-state index in [9.17, 15) is 9.59 Å². The van der Waals surface area contributed by atoms with Crippen LogP contribution in [0.4, 0.5) is 11.4 Å². The Kier molecular flexibility index (Phi) is 8.52. The van der Waals surface area contributed by atoms with Gasteiger partial charge in [0, 0.05) is 12.2 Å². The van der Waals surface area contributed by atoms with Gasteiger partial charge in [0.25, 0.3) is 0 Å². The number of amides is 2. The topological polar surface area (TPSA) is 98.1 Å². The van der Waals surface area contributed by atoms with Crippen LogP contribution in [0.1, 0.15) is 19.7 Å². The van der Waals surface area contributed by atoms with Gasteiger partial charge < -0.3 is 19.9 Å². The van der Waals surface area contributed by atoms with Gasteiger partial charge in [0.2, 0.25) is 11.8 Å². The molecule has 0 fully saturated rings. The number of para-hydroxylation sites is 1. The van der Waals surface area contributed by atoms with E-state index in [0.717, 1.165) is 5.75 Å². The van der Waals surface area contributed by atoms with E-state index in [4.69, 9.17) is 16.3 Å². The van der Waals surface area contributed by atoms with Crippen LogP contribution in [0.2, 0.25) is 5.02 Å². The van der Waals surface area contributed by atoms with Crippen LogP contribution in [0, 0.1) is 0 Å². The summed E-state index contributed by atoms with van der Waals surface area (Å²) < 4.78 is 7.22. The highest BCUT2D eigenvalue weighted by atomic mass is 35.5. The smallest absolute Gasteiger partial charge is 0.234 e. The van der Waals surface area contributed by atoms with Crippen LogP contribution >= 0.6 is 23.4 Å². The first-order valence-electron chi connectivity index (χ1n) is 10.1. The molecule has 1 aromatic heterocycles. The predicted octanol–water partition coefficient (Wildman–Crippen LogP) is 4.26. The lowest BCUT2D eigenvalue weighted by Gasteiger charge is -2.09. The zero-order chi connectivity index (χ0) is 22.9. The van der Waals surface area contributed by atoms with E-state index in [1.807, 2.05) is 18.4 Å². The van der Waals surface area contributed by atoms with Crippen molar-refractivity contribution in [3.63, 3.8) is 0 Å². The average molecular weight is 474 g/mol. The molecule has 0 aliphatic rings. The molecule has 0 radical (unpaired) electrons. The number of rotatable bonds is 10. The van der Waals surface area contributed by atoms with Crippen molar-refractivity contribution in [2.45, 2.75) is 32.0 Å². The van der Waals surface area contributed by atoms with Crippen molar-refractivity contribution in [1.82, 2.24) is 14.8 Å². The van der Waals surface area contributed by atoms with Crippen LogP contribution in [0.3, 0.4) is 0 Å². The molecule has 10 heteroatoms. The van der Waals surface area contributed by atoms with Gasteiger partial charge in [0.15, 0.2) is 5.16 Å². The Morgan fingerprint density at radius 1 is 1.03 bits per heavy atom. The van der Waals surface area contributed by atoms with Crippen LogP contribution in [-0.2, 0) is 22.6 Å². The molecule has 0 saturated carbocycles. The number of ether oxygens (including phenoxy) is 1. The number of hydrogen-bond donors (Lipinski definition) is 2. The van der Waals surface area contributed by atoms with E-state index >= 15 is 0 Å². The molecule has 0 aliphatic heterocycles. The SMILES string of the molecule is CCOc1ccc(NC(=O)CSc2nnc(CC(=O)Nc3ccccc3Cl)n2CC)cc1. The van der Waals surface area contributed by atoms with Crippen molar-refractivity contribution < 1.29 is 14.3 Å². The standard InChI is InChI=1S/C22H24ClN5O3S/c1-3-28-19(13-20(29)25-18-8-6-5-7-17(18)23)26-27-22(28)32-14-21(30)24-15-9-11-16(12-10-15)31-4-2/h5-12H,3-4,13-14H2,1-2H3,(H,24,30)(H,25,29). The molecule has 3 aromatic rings. The van der Waals surface area contributed by atoms with Crippen molar-refractivity contribution in [3.8, 4) is 5.75 Å². The first-order chi connectivity index (χ1) is 15.5. The number of carbonyl (C=O) groups excluding carboxylic acids is 2. The molecule has 2 N–H and O–H groups in total. The summed E-state index contributed by atoms with van der Waals surface area (Å²) in [4.78, 5) is 24.7. The van der Waals surface area contributed by atoms with E-state index < -0.39 is 0 Å². The van der Waals surface area contributed by atoms with Gasteiger partial charge in [-0.1, -0.05) is 35.5 Å². The third-order valence-electron chi connectivity index (χ3n) is 4.36. The second kappa shape index (κ2) is 11.5. The maximum absolute atomic E-state index is 12.4. The number of nitrogens with one attached hydrogen (secondary N) is 2. The molecule has 0 aliphatic carbocycles. The lowest BCUT2D eigenvalue weighted by molar-refractivity contribution is -0.116. The first kappa shape index (κ1) is 23.6. The Balaban J connectivity index is 1.55. The molecule has 0 unspecified atom stereocenters. The van der Waals surface area contributed by atoms with Crippen molar-refractivity contribution in [3.05, 3.63) is 59.4 Å². The second-order valence-corrected chi connectivity index (χ2v) is 7.99. The van der Waals surface area contributed by atoms with E-state index in [1.165, 1.54) is 11.8 Å². The van der Waals surface area contributed by atoms with E-state index in [2.05, 4.69) is 20.8 Å². The number of halogens is 1. The number of aromatic nitrogens is 3. The zero-order valence-electron chi connectivity index (χ0n) is 17.8. The summed E-state index contributed by atoms with van der Waals surface area (Å²) in [6, 6.07) is 14.2. The van der Waals surface area contributed by atoms with Gasteiger partial charge in [-0.3, -0.25) is 9.59 Å². The number of hydrogen-bond acceptors (Lipinski definition) is 6. The lowest BCUT2D eigenvalue weighted by atomic mass is 10.3. The maximum Gasteiger partial charge on any atom is 0.234 e. The normalized spacial score (nSPS) is 10.6. The predicted molar refractivity (Wildman–Crippen MR) is 126 cm³/mol. The molecule has 0 bridgehead atoms. The van der Waals surface area contributed by atoms with Gasteiger partial charge >= 0.3 is 0 Å². The molecular weight excluding hydrogens is 450 g/mol. The van der Waals surface area contributed by atoms with E-state index in [0.29, 0.717) is 40.5 Å². The highest BCUT2D eigenvalue weighted by Gasteiger charge is 2.16. The number of nitrogens with zero attached hydrogens (tertiary/aromatic N) is 3. The van der Waals surface area contributed by atoms with Gasteiger partial charge in [-0.05, 0) is 50.2 Å². The minimum atomic E-state index is -0.245. The van der Waals surface area contributed by atoms with Gasteiger partial charge in [-0.25, -0.2) is 0 Å². The van der Waals surface area contributed by atoms with Crippen LogP contribution in [0.25, 0.3) is 0 Å². The third kappa shape index (κ3) is 6.48. The molecule has 0 saturated heterocycles. The molecule has 2 aromatic carbocycles. The molecule has 0 spiro atoms. The lowest BCUT2D eigenvalue weighted by Crippen LogP contribution is -2.18.